The Balaban J connectivity index is 1.36. The first-order valence-corrected chi connectivity index (χ1v) is 16.5. The second-order valence-corrected chi connectivity index (χ2v) is 13.1. The predicted molar refractivity (Wildman–Crippen MR) is 171 cm³/mol. The molecular weight excluding hydrogens is 586 g/mol. The molecule has 0 amide bonds. The number of aromatic nitrogens is 1. The maximum Gasteiger partial charge on any atom is 0.317 e. The number of esters is 1. The zero-order valence-electron chi connectivity index (χ0n) is 25.1. The Kier molecular flexibility index (Phi) is 9.74. The third-order valence-corrected chi connectivity index (χ3v) is 9.67. The van der Waals surface area contributed by atoms with Crippen LogP contribution in [0.5, 0.6) is 0 Å². The molecule has 0 spiro atoms. The smallest absolute Gasteiger partial charge is 0.317 e. The second kappa shape index (κ2) is 13.9. The van der Waals surface area contributed by atoms with Gasteiger partial charge in [-0.3, -0.25) is 14.3 Å². The van der Waals surface area contributed by atoms with Crippen LogP contribution in [0.15, 0.2) is 108 Å². The molecule has 0 saturated carbocycles. The number of hydrogen-bond acceptors (Lipinski definition) is 7. The minimum atomic E-state index is -4.09. The molecule has 1 aliphatic heterocycles. The van der Waals surface area contributed by atoms with Gasteiger partial charge in [0.05, 0.1) is 11.6 Å². The molecule has 3 aromatic carbocycles. The van der Waals surface area contributed by atoms with Crippen LogP contribution in [-0.4, -0.2) is 30.8 Å². The molecule has 230 valence electrons. The molecule has 4 aromatic rings. The van der Waals surface area contributed by atoms with Crippen LogP contribution in [0, 0.1) is 17.2 Å². The molecule has 45 heavy (non-hydrogen) atoms. The van der Waals surface area contributed by atoms with Gasteiger partial charge in [0.2, 0.25) is 0 Å². The molecule has 1 N–H and O–H groups in total. The van der Waals surface area contributed by atoms with Crippen molar-refractivity contribution in [3.63, 3.8) is 0 Å². The van der Waals surface area contributed by atoms with Gasteiger partial charge in [-0.1, -0.05) is 79.7 Å². The summed E-state index contributed by atoms with van der Waals surface area (Å²) in [5.41, 5.74) is 2.38. The summed E-state index contributed by atoms with van der Waals surface area (Å²) in [5, 5.41) is 8.86. The highest BCUT2D eigenvalue weighted by molar-refractivity contribution is 7.92. The van der Waals surface area contributed by atoms with Crippen LogP contribution in [0.25, 0.3) is 0 Å². The number of carbonyl (C=O) groups excluding carboxylic acids is 2. The van der Waals surface area contributed by atoms with E-state index in [1.54, 1.807) is 24.3 Å². The van der Waals surface area contributed by atoms with Crippen LogP contribution >= 0.6 is 0 Å². The topological polar surface area (TPSA) is 126 Å². The molecule has 0 aliphatic carbocycles. The number of Topliss-reactive ketones (excluding diaryl/α,β-unsaturated/α-hetero) is 1. The van der Waals surface area contributed by atoms with Gasteiger partial charge in [0.1, 0.15) is 11.5 Å². The Morgan fingerprint density at radius 3 is 2.16 bits per heavy atom. The normalized spacial score (nSPS) is 16.8. The van der Waals surface area contributed by atoms with E-state index in [0.717, 1.165) is 11.1 Å². The SMILES string of the molecule is CCC(c1cccc(NS(=O)(=O)c2cc(C#N)ccn2)c1)C1C(=O)CC(CCc2ccccc2)(CCc2ccccc2)OC1=O. The Bertz CT molecular complexity index is 1740. The van der Waals surface area contributed by atoms with Gasteiger partial charge in [0.25, 0.3) is 10.0 Å². The van der Waals surface area contributed by atoms with Crippen molar-refractivity contribution in [1.82, 2.24) is 4.98 Å². The molecule has 9 heteroatoms. The molecule has 5 rings (SSSR count). The molecule has 1 aliphatic rings. The lowest BCUT2D eigenvalue weighted by Crippen LogP contribution is -2.49. The summed E-state index contributed by atoms with van der Waals surface area (Å²) in [6, 6.07) is 31.1. The van der Waals surface area contributed by atoms with E-state index in [1.165, 1.54) is 18.3 Å². The van der Waals surface area contributed by atoms with Crippen molar-refractivity contribution in [1.29, 1.82) is 5.26 Å². The molecule has 2 atom stereocenters. The van der Waals surface area contributed by atoms with Gasteiger partial charge < -0.3 is 4.74 Å². The lowest BCUT2D eigenvalue weighted by molar-refractivity contribution is -0.180. The first-order valence-electron chi connectivity index (χ1n) is 15.0. The zero-order chi connectivity index (χ0) is 31.9. The van der Waals surface area contributed by atoms with Gasteiger partial charge in [-0.05, 0) is 73.1 Å². The zero-order valence-corrected chi connectivity index (χ0v) is 25.9. The number of nitriles is 1. The Morgan fingerprint density at radius 2 is 1.58 bits per heavy atom. The lowest BCUT2D eigenvalue weighted by Gasteiger charge is -2.41. The van der Waals surface area contributed by atoms with Crippen molar-refractivity contribution >= 4 is 27.5 Å². The van der Waals surface area contributed by atoms with Crippen molar-refractivity contribution in [3.8, 4) is 6.07 Å². The largest absolute Gasteiger partial charge is 0.458 e. The van der Waals surface area contributed by atoms with E-state index < -0.39 is 33.4 Å². The Hall–Kier alpha value is -4.81. The summed E-state index contributed by atoms with van der Waals surface area (Å²) >= 11 is 0. The summed E-state index contributed by atoms with van der Waals surface area (Å²) in [7, 11) is -4.09. The van der Waals surface area contributed by atoms with Gasteiger partial charge in [-0.15, -0.1) is 0 Å². The number of aryl methyl sites for hydroxylation is 2. The number of nitrogens with one attached hydrogen (secondary N) is 1. The summed E-state index contributed by atoms with van der Waals surface area (Å²) in [6.07, 6.45) is 4.25. The fourth-order valence-electron chi connectivity index (χ4n) is 6.03. The average molecular weight is 622 g/mol. The van der Waals surface area contributed by atoms with Crippen molar-refractivity contribution in [2.24, 2.45) is 5.92 Å². The van der Waals surface area contributed by atoms with E-state index in [2.05, 4.69) is 9.71 Å². The van der Waals surface area contributed by atoms with E-state index in [9.17, 15) is 18.0 Å². The van der Waals surface area contributed by atoms with Gasteiger partial charge in [0, 0.05) is 24.2 Å². The summed E-state index contributed by atoms with van der Waals surface area (Å²) < 4.78 is 34.8. The number of nitrogens with zero attached hydrogens (tertiary/aromatic N) is 2. The van der Waals surface area contributed by atoms with Crippen LogP contribution in [0.2, 0.25) is 0 Å². The molecule has 0 bridgehead atoms. The van der Waals surface area contributed by atoms with Crippen LogP contribution in [0.4, 0.5) is 5.69 Å². The first-order chi connectivity index (χ1) is 21.7. The number of rotatable bonds is 12. The average Bonchev–Trinajstić information content (AvgIpc) is 3.05. The van der Waals surface area contributed by atoms with Gasteiger partial charge >= 0.3 is 5.97 Å². The third-order valence-electron chi connectivity index (χ3n) is 8.39. The maximum absolute atomic E-state index is 13.9. The number of benzene rings is 3. The number of ketones is 1. The minimum Gasteiger partial charge on any atom is -0.458 e. The van der Waals surface area contributed by atoms with Gasteiger partial charge in [0.15, 0.2) is 10.8 Å². The summed E-state index contributed by atoms with van der Waals surface area (Å²) in [5.74, 6) is -2.21. The fourth-order valence-corrected chi connectivity index (χ4v) is 7.05. The molecule has 1 fully saturated rings. The third kappa shape index (κ3) is 7.65. The van der Waals surface area contributed by atoms with E-state index >= 15 is 0 Å². The van der Waals surface area contributed by atoms with E-state index in [-0.39, 0.29) is 28.5 Å². The van der Waals surface area contributed by atoms with E-state index in [0.29, 0.717) is 37.7 Å². The number of carbonyl (C=O) groups is 2. The molecule has 8 nitrogen and oxygen atoms in total. The number of pyridine rings is 1. The molecule has 2 heterocycles. The summed E-state index contributed by atoms with van der Waals surface area (Å²) in [4.78, 5) is 31.6. The van der Waals surface area contributed by atoms with Crippen molar-refractivity contribution < 1.29 is 22.7 Å². The fraction of sp³-hybridized carbons (Fsp3) is 0.278. The van der Waals surface area contributed by atoms with E-state index in [4.69, 9.17) is 10.00 Å². The van der Waals surface area contributed by atoms with Crippen LogP contribution in [0.3, 0.4) is 0 Å². The molecule has 0 radical (unpaired) electrons. The molecular formula is C36H35N3O5S. The molecule has 1 saturated heterocycles. The van der Waals surface area contributed by atoms with Crippen molar-refractivity contribution in [2.75, 3.05) is 4.72 Å². The molecule has 1 aromatic heterocycles. The molecule has 2 unspecified atom stereocenters. The number of anilines is 1. The Labute approximate surface area is 264 Å². The quantitative estimate of drug-likeness (QED) is 0.144. The van der Waals surface area contributed by atoms with Crippen LogP contribution < -0.4 is 4.72 Å². The first kappa shape index (κ1) is 31.6. The number of sulfonamides is 1. The highest BCUT2D eigenvalue weighted by Gasteiger charge is 2.49. The minimum absolute atomic E-state index is 0.118. The van der Waals surface area contributed by atoms with Crippen LogP contribution in [0.1, 0.15) is 60.8 Å². The van der Waals surface area contributed by atoms with Crippen molar-refractivity contribution in [2.45, 2.75) is 62.0 Å². The maximum atomic E-state index is 13.9. The number of cyclic esters (lactones) is 1. The second-order valence-electron chi connectivity index (χ2n) is 11.4. The lowest BCUT2D eigenvalue weighted by atomic mass is 9.74. The number of ether oxygens (including phenoxy) is 1. The van der Waals surface area contributed by atoms with Gasteiger partial charge in [-0.25, -0.2) is 4.98 Å². The summed E-state index contributed by atoms with van der Waals surface area (Å²) in [6.45, 7) is 1.89. The van der Waals surface area contributed by atoms with Gasteiger partial charge in [-0.2, -0.15) is 13.7 Å². The number of hydrogen-bond donors (Lipinski definition) is 1. The Morgan fingerprint density at radius 1 is 0.933 bits per heavy atom. The highest BCUT2D eigenvalue weighted by atomic mass is 32.2. The van der Waals surface area contributed by atoms with E-state index in [1.807, 2.05) is 73.7 Å². The van der Waals surface area contributed by atoms with Crippen molar-refractivity contribution in [3.05, 3.63) is 126 Å². The highest BCUT2D eigenvalue weighted by Crippen LogP contribution is 2.41. The monoisotopic (exact) mass is 621 g/mol. The standard InChI is InChI=1S/C36H35N3O5S/c1-2-31(29-14-9-15-30(23-29)39-45(42,43)33-22-28(25-37)18-21-38-33)34-32(40)24-36(44-35(34)41,19-16-26-10-5-3-6-11-26)20-17-27-12-7-4-8-13-27/h3-15,18,21-23,31,34,39H,2,16-17,19-20,24H2,1H3. The van der Waals surface area contributed by atoms with Crippen LogP contribution in [-0.2, 0) is 37.2 Å². The predicted octanol–water partition coefficient (Wildman–Crippen LogP) is 6.38.